The van der Waals surface area contributed by atoms with E-state index in [4.69, 9.17) is 19.7 Å². The van der Waals surface area contributed by atoms with Gasteiger partial charge in [-0.3, -0.25) is 0 Å². The summed E-state index contributed by atoms with van der Waals surface area (Å²) in [7, 11) is 1.60. The Morgan fingerprint density at radius 1 is 1.37 bits per heavy atom. The quantitative estimate of drug-likeness (QED) is 0.832. The summed E-state index contributed by atoms with van der Waals surface area (Å²) in [5.41, 5.74) is 5.72. The van der Waals surface area contributed by atoms with E-state index in [1.54, 1.807) is 19.2 Å². The highest BCUT2D eigenvalue weighted by atomic mass is 16.5. The van der Waals surface area contributed by atoms with E-state index >= 15 is 0 Å². The molecule has 0 aliphatic carbocycles. The number of hydrogen-bond donors (Lipinski definition) is 1. The number of hydrogen-bond acceptors (Lipinski definition) is 6. The van der Waals surface area contributed by atoms with Gasteiger partial charge in [0.1, 0.15) is 11.4 Å². The van der Waals surface area contributed by atoms with Gasteiger partial charge in [-0.1, -0.05) is 11.2 Å². The first kappa shape index (κ1) is 13.4. The van der Waals surface area contributed by atoms with Crippen molar-refractivity contribution in [2.75, 3.05) is 12.8 Å². The van der Waals surface area contributed by atoms with Gasteiger partial charge in [0, 0.05) is 18.9 Å². The number of nitrogen functional groups attached to an aromatic ring is 1. The van der Waals surface area contributed by atoms with Crippen molar-refractivity contribution in [3.05, 3.63) is 36.0 Å². The molecule has 0 bridgehead atoms. The first-order chi connectivity index (χ1) is 9.01. The summed E-state index contributed by atoms with van der Waals surface area (Å²) in [6.45, 7) is 3.91. The minimum atomic E-state index is -0.584. The van der Waals surface area contributed by atoms with Crippen LogP contribution in [-0.4, -0.2) is 17.3 Å². The highest BCUT2D eigenvalue weighted by Crippen LogP contribution is 2.21. The summed E-state index contributed by atoms with van der Waals surface area (Å²) in [5.74, 6) is 1.54. The van der Waals surface area contributed by atoms with Gasteiger partial charge in [-0.05, 0) is 26.0 Å². The molecule has 0 unspecified atom stereocenters. The fourth-order valence-corrected chi connectivity index (χ4v) is 1.40. The summed E-state index contributed by atoms with van der Waals surface area (Å²) >= 11 is 0. The first-order valence-electron chi connectivity index (χ1n) is 5.88. The average molecular weight is 263 g/mol. The Balaban J connectivity index is 2.01. The maximum atomic E-state index is 5.66. The van der Waals surface area contributed by atoms with Crippen molar-refractivity contribution in [3.63, 3.8) is 0 Å². The predicted octanol–water partition coefficient (Wildman–Crippen LogP) is 2.11. The predicted molar refractivity (Wildman–Crippen MR) is 69.5 cm³/mol. The van der Waals surface area contributed by atoms with Crippen molar-refractivity contribution in [2.24, 2.45) is 0 Å². The topological polar surface area (TPSA) is 83.4 Å². The standard InChI is InChI=1S/C13H17N3O3/c1-13(2,17-3)12-15-11(19-16-12)8-18-10-6-4-5-9(14)7-10/h4-7H,8,14H2,1-3H3. The highest BCUT2D eigenvalue weighted by Gasteiger charge is 2.26. The number of rotatable bonds is 5. The summed E-state index contributed by atoms with van der Waals surface area (Å²) in [6, 6.07) is 7.15. The molecule has 1 aromatic heterocycles. The van der Waals surface area contributed by atoms with Crippen LogP contribution in [0.3, 0.4) is 0 Å². The van der Waals surface area contributed by atoms with Crippen molar-refractivity contribution in [1.29, 1.82) is 0 Å². The lowest BCUT2D eigenvalue weighted by atomic mass is 10.1. The molecule has 2 N–H and O–H groups in total. The molecular formula is C13H17N3O3. The summed E-state index contributed by atoms with van der Waals surface area (Å²) in [5, 5.41) is 3.87. The molecule has 1 aromatic carbocycles. The molecule has 0 amide bonds. The SMILES string of the molecule is COC(C)(C)c1noc(COc2cccc(N)c2)n1. The van der Waals surface area contributed by atoms with Crippen molar-refractivity contribution in [3.8, 4) is 5.75 Å². The van der Waals surface area contributed by atoms with Crippen molar-refractivity contribution in [1.82, 2.24) is 10.1 Å². The monoisotopic (exact) mass is 263 g/mol. The normalized spacial score (nSPS) is 11.5. The molecule has 0 aliphatic rings. The van der Waals surface area contributed by atoms with Crippen LogP contribution in [0.2, 0.25) is 0 Å². The van der Waals surface area contributed by atoms with E-state index in [2.05, 4.69) is 10.1 Å². The zero-order chi connectivity index (χ0) is 13.9. The van der Waals surface area contributed by atoms with E-state index < -0.39 is 5.60 Å². The molecule has 1 heterocycles. The molecule has 6 nitrogen and oxygen atoms in total. The molecule has 2 rings (SSSR count). The van der Waals surface area contributed by atoms with Gasteiger partial charge in [-0.2, -0.15) is 4.98 Å². The minimum Gasteiger partial charge on any atom is -0.484 e. The third-order valence-electron chi connectivity index (χ3n) is 2.74. The van der Waals surface area contributed by atoms with Gasteiger partial charge in [0.05, 0.1) is 0 Å². The molecule has 0 radical (unpaired) electrons. The maximum absolute atomic E-state index is 5.66. The lowest BCUT2D eigenvalue weighted by Crippen LogP contribution is -2.21. The number of aromatic nitrogens is 2. The zero-order valence-corrected chi connectivity index (χ0v) is 11.2. The van der Waals surface area contributed by atoms with E-state index in [-0.39, 0.29) is 6.61 Å². The number of methoxy groups -OCH3 is 1. The van der Waals surface area contributed by atoms with Gasteiger partial charge in [0.15, 0.2) is 6.61 Å². The average Bonchev–Trinajstić information content (AvgIpc) is 2.86. The lowest BCUT2D eigenvalue weighted by molar-refractivity contribution is 0.00973. The molecule has 102 valence electrons. The van der Waals surface area contributed by atoms with E-state index in [1.807, 2.05) is 26.0 Å². The van der Waals surface area contributed by atoms with Gasteiger partial charge < -0.3 is 19.7 Å². The van der Waals surface area contributed by atoms with Gasteiger partial charge >= 0.3 is 0 Å². The second-order valence-corrected chi connectivity index (χ2v) is 4.59. The van der Waals surface area contributed by atoms with Crippen LogP contribution in [-0.2, 0) is 16.9 Å². The number of nitrogens with two attached hydrogens (primary N) is 1. The number of anilines is 1. The van der Waals surface area contributed by atoms with Crippen LogP contribution in [0.4, 0.5) is 5.69 Å². The molecule has 0 saturated heterocycles. The Labute approximate surface area is 111 Å². The fourth-order valence-electron chi connectivity index (χ4n) is 1.40. The molecular weight excluding hydrogens is 246 g/mol. The summed E-state index contributed by atoms with van der Waals surface area (Å²) < 4.78 is 15.9. The van der Waals surface area contributed by atoms with E-state index in [0.29, 0.717) is 23.2 Å². The van der Waals surface area contributed by atoms with Gasteiger partial charge in [0.25, 0.3) is 5.89 Å². The molecule has 6 heteroatoms. The second kappa shape index (κ2) is 5.27. The third kappa shape index (κ3) is 3.23. The molecule has 0 spiro atoms. The molecule has 0 aliphatic heterocycles. The molecule has 0 saturated carbocycles. The van der Waals surface area contributed by atoms with Crippen LogP contribution in [0.5, 0.6) is 5.75 Å². The first-order valence-corrected chi connectivity index (χ1v) is 5.88. The van der Waals surface area contributed by atoms with Crippen molar-refractivity contribution < 1.29 is 14.0 Å². The summed E-state index contributed by atoms with van der Waals surface area (Å²) in [4.78, 5) is 4.23. The number of nitrogens with zero attached hydrogens (tertiary/aromatic N) is 2. The van der Waals surface area contributed by atoms with E-state index in [9.17, 15) is 0 Å². The van der Waals surface area contributed by atoms with Crippen LogP contribution < -0.4 is 10.5 Å². The third-order valence-corrected chi connectivity index (χ3v) is 2.74. The van der Waals surface area contributed by atoms with Gasteiger partial charge in [-0.15, -0.1) is 0 Å². The van der Waals surface area contributed by atoms with E-state index in [0.717, 1.165) is 0 Å². The molecule has 19 heavy (non-hydrogen) atoms. The second-order valence-electron chi connectivity index (χ2n) is 4.59. The fraction of sp³-hybridized carbons (Fsp3) is 0.385. The van der Waals surface area contributed by atoms with Crippen LogP contribution in [0, 0.1) is 0 Å². The van der Waals surface area contributed by atoms with Crippen LogP contribution in [0.1, 0.15) is 25.6 Å². The van der Waals surface area contributed by atoms with E-state index in [1.165, 1.54) is 0 Å². The molecule has 2 aromatic rings. The number of ether oxygens (including phenoxy) is 2. The van der Waals surface area contributed by atoms with Crippen molar-refractivity contribution >= 4 is 5.69 Å². The van der Waals surface area contributed by atoms with Crippen LogP contribution >= 0.6 is 0 Å². The molecule has 0 fully saturated rings. The summed E-state index contributed by atoms with van der Waals surface area (Å²) in [6.07, 6.45) is 0. The Morgan fingerprint density at radius 2 is 2.16 bits per heavy atom. The lowest BCUT2D eigenvalue weighted by Gasteiger charge is -2.17. The van der Waals surface area contributed by atoms with Crippen molar-refractivity contribution in [2.45, 2.75) is 26.1 Å². The van der Waals surface area contributed by atoms with Gasteiger partial charge in [-0.25, -0.2) is 0 Å². The molecule has 0 atom stereocenters. The number of benzene rings is 1. The van der Waals surface area contributed by atoms with Crippen LogP contribution in [0.15, 0.2) is 28.8 Å². The Kier molecular flexibility index (Phi) is 3.71. The minimum absolute atomic E-state index is 0.191. The maximum Gasteiger partial charge on any atom is 0.264 e. The van der Waals surface area contributed by atoms with Gasteiger partial charge in [0.2, 0.25) is 5.82 Å². The smallest absolute Gasteiger partial charge is 0.264 e. The largest absolute Gasteiger partial charge is 0.484 e. The Hall–Kier alpha value is -2.08. The Bertz CT molecular complexity index is 552. The highest BCUT2D eigenvalue weighted by molar-refractivity contribution is 5.43. The van der Waals surface area contributed by atoms with Crippen LogP contribution in [0.25, 0.3) is 0 Å². The zero-order valence-electron chi connectivity index (χ0n) is 11.2. The Morgan fingerprint density at radius 3 is 2.84 bits per heavy atom.